The molecule has 0 saturated carbocycles. The van der Waals surface area contributed by atoms with Gasteiger partial charge in [0.25, 0.3) is 0 Å². The second-order valence-corrected chi connectivity index (χ2v) is 7.48. The molecule has 3 aromatic rings. The van der Waals surface area contributed by atoms with E-state index in [0.29, 0.717) is 4.88 Å². The van der Waals surface area contributed by atoms with Gasteiger partial charge in [-0.05, 0) is 52.6 Å². The van der Waals surface area contributed by atoms with Crippen LogP contribution in [-0.4, -0.2) is 18.1 Å². The molecule has 0 unspecified atom stereocenters. The van der Waals surface area contributed by atoms with Crippen molar-refractivity contribution >= 4 is 17.3 Å². The van der Waals surface area contributed by atoms with E-state index in [2.05, 4.69) is 37.0 Å². The topological polar surface area (TPSA) is 39.2 Å². The van der Waals surface area contributed by atoms with Crippen LogP contribution < -0.4 is 0 Å². The first-order valence-corrected chi connectivity index (χ1v) is 10.3. The normalized spacial score (nSPS) is 10.8. The zero-order valence-corrected chi connectivity index (χ0v) is 16.9. The lowest BCUT2D eigenvalue weighted by atomic mass is 9.90. The molecule has 3 rings (SSSR count). The number of pyridine rings is 1. The number of methoxy groups -OCH3 is 1. The molecule has 1 aromatic carbocycles. The molecule has 0 amide bonds. The van der Waals surface area contributed by atoms with Crippen LogP contribution in [0.3, 0.4) is 0 Å². The lowest BCUT2D eigenvalue weighted by Crippen LogP contribution is -2.01. The maximum absolute atomic E-state index is 12.2. The average Bonchev–Trinajstić information content (AvgIpc) is 3.18. The molecule has 0 atom stereocenters. The van der Waals surface area contributed by atoms with Crippen LogP contribution >= 0.6 is 11.3 Å². The monoisotopic (exact) mass is 379 g/mol. The highest BCUT2D eigenvalue weighted by atomic mass is 32.1. The maximum Gasteiger partial charge on any atom is 0.348 e. The third kappa shape index (κ3) is 4.11. The Labute approximate surface area is 165 Å². The summed E-state index contributed by atoms with van der Waals surface area (Å²) in [6, 6.07) is 10.7. The summed E-state index contributed by atoms with van der Waals surface area (Å²) in [4.78, 5) is 17.2. The molecule has 0 aliphatic rings. The number of esters is 1. The number of nitrogens with zero attached hydrogens (tertiary/aromatic N) is 1. The molecule has 0 aliphatic heterocycles. The molecule has 0 saturated heterocycles. The first-order chi connectivity index (χ1) is 13.2. The number of aryl methyl sites for hydroxylation is 2. The van der Waals surface area contributed by atoms with Gasteiger partial charge >= 0.3 is 5.97 Å². The summed E-state index contributed by atoms with van der Waals surface area (Å²) in [7, 11) is 1.42. The summed E-state index contributed by atoms with van der Waals surface area (Å²) in [6.07, 6.45) is 8.03. The van der Waals surface area contributed by atoms with Gasteiger partial charge in [-0.25, -0.2) is 4.79 Å². The molecule has 4 heteroatoms. The van der Waals surface area contributed by atoms with Gasteiger partial charge in [-0.2, -0.15) is 0 Å². The van der Waals surface area contributed by atoms with Crippen molar-refractivity contribution in [2.75, 3.05) is 7.11 Å². The van der Waals surface area contributed by atoms with Crippen LogP contribution in [0.2, 0.25) is 0 Å². The van der Waals surface area contributed by atoms with Crippen LogP contribution in [0.5, 0.6) is 0 Å². The van der Waals surface area contributed by atoms with E-state index in [4.69, 9.17) is 4.74 Å². The standard InChI is InChI=1S/C23H25NO2S/c1-4-6-16-8-9-18(17(14-16)7-5-2)21-15-24-12-10-19(21)20-11-13-27-22(20)23(25)26-3/h8-15H,4-7H2,1-3H3. The number of thiophene rings is 1. The molecular weight excluding hydrogens is 354 g/mol. The third-order valence-corrected chi connectivity index (χ3v) is 5.56. The Morgan fingerprint density at radius 3 is 2.56 bits per heavy atom. The van der Waals surface area contributed by atoms with Crippen LogP contribution in [-0.2, 0) is 17.6 Å². The SMILES string of the molecule is CCCc1ccc(-c2cnccc2-c2ccsc2C(=O)OC)c(CCC)c1. The second-order valence-electron chi connectivity index (χ2n) is 6.57. The summed E-state index contributed by atoms with van der Waals surface area (Å²) in [5, 5.41) is 1.93. The molecule has 0 fully saturated rings. The molecule has 0 radical (unpaired) electrons. The van der Waals surface area contributed by atoms with Crippen molar-refractivity contribution in [3.8, 4) is 22.3 Å². The van der Waals surface area contributed by atoms with E-state index in [1.165, 1.54) is 35.1 Å². The molecule has 0 bridgehead atoms. The first kappa shape index (κ1) is 19.3. The summed E-state index contributed by atoms with van der Waals surface area (Å²) in [5.41, 5.74) is 6.90. The van der Waals surface area contributed by atoms with Crippen molar-refractivity contribution in [2.24, 2.45) is 0 Å². The lowest BCUT2D eigenvalue weighted by Gasteiger charge is -2.15. The summed E-state index contributed by atoms with van der Waals surface area (Å²) >= 11 is 1.41. The van der Waals surface area contributed by atoms with Gasteiger partial charge in [0.05, 0.1) is 7.11 Å². The number of ether oxygens (including phenoxy) is 1. The van der Waals surface area contributed by atoms with Gasteiger partial charge in [-0.15, -0.1) is 11.3 Å². The number of hydrogen-bond acceptors (Lipinski definition) is 4. The molecule has 140 valence electrons. The fourth-order valence-electron chi connectivity index (χ4n) is 3.45. The zero-order valence-electron chi connectivity index (χ0n) is 16.1. The molecular formula is C23H25NO2S. The van der Waals surface area contributed by atoms with Gasteiger partial charge in [-0.3, -0.25) is 4.98 Å². The first-order valence-electron chi connectivity index (χ1n) is 9.41. The third-order valence-electron chi connectivity index (χ3n) is 4.67. The average molecular weight is 380 g/mol. The predicted octanol–water partition coefficient (Wildman–Crippen LogP) is 6.17. The fourth-order valence-corrected chi connectivity index (χ4v) is 4.27. The van der Waals surface area contributed by atoms with Gasteiger partial charge in [0.1, 0.15) is 4.88 Å². The van der Waals surface area contributed by atoms with E-state index in [9.17, 15) is 4.79 Å². The number of aromatic nitrogens is 1. The number of rotatable bonds is 7. The molecule has 2 aromatic heterocycles. The van der Waals surface area contributed by atoms with E-state index in [0.717, 1.165) is 42.4 Å². The second kappa shape index (κ2) is 8.96. The molecule has 3 nitrogen and oxygen atoms in total. The Bertz CT molecular complexity index is 930. The van der Waals surface area contributed by atoms with Crippen LogP contribution in [0, 0.1) is 0 Å². The minimum Gasteiger partial charge on any atom is -0.465 e. The van der Waals surface area contributed by atoms with E-state index < -0.39 is 0 Å². The Morgan fingerprint density at radius 1 is 1.00 bits per heavy atom. The Hall–Kier alpha value is -2.46. The predicted molar refractivity (Wildman–Crippen MR) is 112 cm³/mol. The highest BCUT2D eigenvalue weighted by Gasteiger charge is 2.19. The molecule has 0 N–H and O–H groups in total. The van der Waals surface area contributed by atoms with Crippen molar-refractivity contribution in [2.45, 2.75) is 39.5 Å². The molecule has 0 spiro atoms. The van der Waals surface area contributed by atoms with Gasteiger partial charge in [-0.1, -0.05) is 44.9 Å². The maximum atomic E-state index is 12.2. The Balaban J connectivity index is 2.15. The minimum absolute atomic E-state index is 0.296. The van der Waals surface area contributed by atoms with E-state index >= 15 is 0 Å². The molecule has 0 aliphatic carbocycles. The quantitative estimate of drug-likeness (QED) is 0.461. The van der Waals surface area contributed by atoms with Crippen LogP contribution in [0.25, 0.3) is 22.3 Å². The van der Waals surface area contributed by atoms with E-state index in [1.54, 1.807) is 6.20 Å². The molecule has 2 heterocycles. The zero-order chi connectivity index (χ0) is 19.2. The Kier molecular flexibility index (Phi) is 6.40. The molecule has 27 heavy (non-hydrogen) atoms. The highest BCUT2D eigenvalue weighted by Crippen LogP contribution is 2.37. The largest absolute Gasteiger partial charge is 0.465 e. The number of carbonyl (C=O) groups is 1. The lowest BCUT2D eigenvalue weighted by molar-refractivity contribution is 0.0607. The number of benzene rings is 1. The van der Waals surface area contributed by atoms with Crippen LogP contribution in [0.1, 0.15) is 47.5 Å². The fraction of sp³-hybridized carbons (Fsp3) is 0.304. The smallest absolute Gasteiger partial charge is 0.348 e. The van der Waals surface area contributed by atoms with Gasteiger partial charge in [0.15, 0.2) is 0 Å². The number of carbonyl (C=O) groups excluding carboxylic acids is 1. The van der Waals surface area contributed by atoms with E-state index in [-0.39, 0.29) is 5.97 Å². The van der Waals surface area contributed by atoms with Crippen molar-refractivity contribution in [3.63, 3.8) is 0 Å². The van der Waals surface area contributed by atoms with Crippen molar-refractivity contribution < 1.29 is 9.53 Å². The summed E-state index contributed by atoms with van der Waals surface area (Å²) < 4.78 is 4.96. The van der Waals surface area contributed by atoms with Crippen molar-refractivity contribution in [1.82, 2.24) is 4.98 Å². The summed E-state index contributed by atoms with van der Waals surface area (Å²) in [5.74, 6) is -0.296. The minimum atomic E-state index is -0.296. The number of hydrogen-bond donors (Lipinski definition) is 0. The Morgan fingerprint density at radius 2 is 1.81 bits per heavy atom. The van der Waals surface area contributed by atoms with Crippen molar-refractivity contribution in [1.29, 1.82) is 0 Å². The van der Waals surface area contributed by atoms with Crippen LogP contribution in [0.4, 0.5) is 0 Å². The highest BCUT2D eigenvalue weighted by molar-refractivity contribution is 7.12. The van der Waals surface area contributed by atoms with Gasteiger partial charge in [0.2, 0.25) is 0 Å². The van der Waals surface area contributed by atoms with Gasteiger partial charge < -0.3 is 4.74 Å². The van der Waals surface area contributed by atoms with Gasteiger partial charge in [0, 0.05) is 23.5 Å². The van der Waals surface area contributed by atoms with E-state index in [1.807, 2.05) is 23.7 Å². The summed E-state index contributed by atoms with van der Waals surface area (Å²) in [6.45, 7) is 4.41. The van der Waals surface area contributed by atoms with Crippen molar-refractivity contribution in [3.05, 3.63) is 64.1 Å². The van der Waals surface area contributed by atoms with Crippen LogP contribution in [0.15, 0.2) is 48.1 Å².